The third kappa shape index (κ3) is 5.02. The van der Waals surface area contributed by atoms with Gasteiger partial charge in [0.25, 0.3) is 0 Å². The number of hydrogen-bond donors (Lipinski definition) is 2. The Bertz CT molecular complexity index is 322. The van der Waals surface area contributed by atoms with Crippen LogP contribution >= 0.6 is 0 Å². The van der Waals surface area contributed by atoms with E-state index in [1.807, 2.05) is 6.07 Å². The van der Waals surface area contributed by atoms with Gasteiger partial charge in [-0.3, -0.25) is 4.79 Å². The molecule has 4 nitrogen and oxygen atoms in total. The normalized spacial score (nSPS) is 10.1. The number of phenols is 1. The van der Waals surface area contributed by atoms with Gasteiger partial charge in [0.1, 0.15) is 5.75 Å². The van der Waals surface area contributed by atoms with Crippen LogP contribution in [0.15, 0.2) is 24.3 Å². The molecule has 0 spiro atoms. The highest BCUT2D eigenvalue weighted by atomic mass is 16.5. The topological polar surface area (TPSA) is 66.8 Å². The molecule has 1 aromatic carbocycles. The molecule has 4 heteroatoms. The second kappa shape index (κ2) is 6.03. The van der Waals surface area contributed by atoms with E-state index in [9.17, 15) is 9.90 Å². The first-order valence-corrected chi connectivity index (χ1v) is 4.76. The highest BCUT2D eigenvalue weighted by Crippen LogP contribution is 2.11. The first kappa shape index (κ1) is 11.5. The Morgan fingerprint density at radius 1 is 1.33 bits per heavy atom. The summed E-state index contributed by atoms with van der Waals surface area (Å²) in [5, 5.41) is 17.5. The van der Waals surface area contributed by atoms with Crippen LogP contribution in [0.25, 0.3) is 0 Å². The molecule has 0 aliphatic rings. The predicted molar refractivity (Wildman–Crippen MR) is 54.9 cm³/mol. The second-order valence-electron chi connectivity index (χ2n) is 3.18. The molecule has 0 atom stereocenters. The molecule has 0 saturated carbocycles. The van der Waals surface area contributed by atoms with Crippen LogP contribution in [0.1, 0.15) is 12.0 Å². The van der Waals surface area contributed by atoms with Crippen molar-refractivity contribution in [2.24, 2.45) is 0 Å². The van der Waals surface area contributed by atoms with Crippen molar-refractivity contribution in [3.05, 3.63) is 29.8 Å². The number of hydrogen-bond acceptors (Lipinski definition) is 3. The SMILES string of the molecule is O=C(O)CCOCCc1cccc(O)c1. The van der Waals surface area contributed by atoms with Gasteiger partial charge in [0.15, 0.2) is 0 Å². The molecule has 0 bridgehead atoms. The third-order valence-corrected chi connectivity index (χ3v) is 1.91. The van der Waals surface area contributed by atoms with Gasteiger partial charge in [0.05, 0.1) is 19.6 Å². The van der Waals surface area contributed by atoms with E-state index in [0.717, 1.165) is 5.56 Å². The Morgan fingerprint density at radius 3 is 2.80 bits per heavy atom. The lowest BCUT2D eigenvalue weighted by molar-refractivity contribution is -0.138. The lowest BCUT2D eigenvalue weighted by Crippen LogP contribution is -2.05. The van der Waals surface area contributed by atoms with E-state index < -0.39 is 5.97 Å². The summed E-state index contributed by atoms with van der Waals surface area (Å²) in [6.07, 6.45) is 0.702. The molecule has 0 heterocycles. The summed E-state index contributed by atoms with van der Waals surface area (Å²) in [5.74, 6) is -0.620. The molecule has 0 aromatic heterocycles. The van der Waals surface area contributed by atoms with Crippen molar-refractivity contribution < 1.29 is 19.7 Å². The summed E-state index contributed by atoms with van der Waals surface area (Å²) in [4.78, 5) is 10.2. The van der Waals surface area contributed by atoms with E-state index >= 15 is 0 Å². The zero-order valence-electron chi connectivity index (χ0n) is 8.35. The van der Waals surface area contributed by atoms with Gasteiger partial charge in [-0.15, -0.1) is 0 Å². The van der Waals surface area contributed by atoms with Crippen LogP contribution in [0.2, 0.25) is 0 Å². The summed E-state index contributed by atoms with van der Waals surface area (Å²) in [7, 11) is 0. The van der Waals surface area contributed by atoms with Crippen LogP contribution in [-0.4, -0.2) is 29.4 Å². The molecule has 1 aromatic rings. The number of aliphatic carboxylic acids is 1. The molecule has 2 N–H and O–H groups in total. The summed E-state index contributed by atoms with van der Waals surface area (Å²) in [6.45, 7) is 0.699. The number of benzene rings is 1. The van der Waals surface area contributed by atoms with Gasteiger partial charge in [0, 0.05) is 0 Å². The van der Waals surface area contributed by atoms with Crippen molar-refractivity contribution in [1.29, 1.82) is 0 Å². The third-order valence-electron chi connectivity index (χ3n) is 1.91. The highest BCUT2D eigenvalue weighted by Gasteiger charge is 1.97. The Labute approximate surface area is 88.1 Å². The zero-order chi connectivity index (χ0) is 11.1. The Hall–Kier alpha value is -1.55. The fraction of sp³-hybridized carbons (Fsp3) is 0.364. The summed E-state index contributed by atoms with van der Waals surface area (Å²) in [5.41, 5.74) is 0.977. The van der Waals surface area contributed by atoms with E-state index in [2.05, 4.69) is 0 Å². The average molecular weight is 210 g/mol. The number of carboxylic acid groups (broad SMARTS) is 1. The van der Waals surface area contributed by atoms with Gasteiger partial charge in [-0.25, -0.2) is 0 Å². The maximum Gasteiger partial charge on any atom is 0.305 e. The van der Waals surface area contributed by atoms with E-state index in [4.69, 9.17) is 9.84 Å². The van der Waals surface area contributed by atoms with E-state index in [1.54, 1.807) is 18.2 Å². The minimum atomic E-state index is -0.854. The van der Waals surface area contributed by atoms with Gasteiger partial charge in [-0.2, -0.15) is 0 Å². The largest absolute Gasteiger partial charge is 0.508 e. The Balaban J connectivity index is 2.17. The monoisotopic (exact) mass is 210 g/mol. The van der Waals surface area contributed by atoms with Crippen molar-refractivity contribution in [3.63, 3.8) is 0 Å². The average Bonchev–Trinajstić information content (AvgIpc) is 2.17. The van der Waals surface area contributed by atoms with Gasteiger partial charge in [-0.05, 0) is 24.1 Å². The first-order valence-electron chi connectivity index (χ1n) is 4.76. The van der Waals surface area contributed by atoms with Gasteiger partial charge in [-0.1, -0.05) is 12.1 Å². The highest BCUT2D eigenvalue weighted by molar-refractivity contribution is 5.66. The van der Waals surface area contributed by atoms with Crippen LogP contribution < -0.4 is 0 Å². The molecule has 0 unspecified atom stereocenters. The minimum Gasteiger partial charge on any atom is -0.508 e. The number of rotatable bonds is 6. The Kier molecular flexibility index (Phi) is 4.63. The first-order chi connectivity index (χ1) is 7.18. The second-order valence-corrected chi connectivity index (χ2v) is 3.18. The standard InChI is InChI=1S/C11H14O4/c12-10-3-1-2-9(8-10)4-6-15-7-5-11(13)14/h1-3,8,12H,4-7H2,(H,13,14). The summed E-state index contributed by atoms with van der Waals surface area (Å²) >= 11 is 0. The molecule has 0 amide bonds. The fourth-order valence-electron chi connectivity index (χ4n) is 1.16. The van der Waals surface area contributed by atoms with E-state index in [0.29, 0.717) is 13.0 Å². The lowest BCUT2D eigenvalue weighted by atomic mass is 10.1. The minimum absolute atomic E-state index is 0.0278. The fourth-order valence-corrected chi connectivity index (χ4v) is 1.16. The Morgan fingerprint density at radius 2 is 2.13 bits per heavy atom. The summed E-state index contributed by atoms with van der Waals surface area (Å²) < 4.78 is 5.13. The number of ether oxygens (including phenoxy) is 1. The lowest BCUT2D eigenvalue weighted by Gasteiger charge is -2.03. The van der Waals surface area contributed by atoms with Crippen LogP contribution in [0.3, 0.4) is 0 Å². The van der Waals surface area contributed by atoms with E-state index in [1.165, 1.54) is 0 Å². The van der Waals surface area contributed by atoms with Crippen molar-refractivity contribution in [2.75, 3.05) is 13.2 Å². The van der Waals surface area contributed by atoms with Gasteiger partial charge in [0.2, 0.25) is 0 Å². The van der Waals surface area contributed by atoms with E-state index in [-0.39, 0.29) is 18.8 Å². The molecular weight excluding hydrogens is 196 g/mol. The zero-order valence-corrected chi connectivity index (χ0v) is 8.35. The molecule has 82 valence electrons. The van der Waals surface area contributed by atoms with Crippen LogP contribution in [-0.2, 0) is 16.0 Å². The number of carbonyl (C=O) groups is 1. The van der Waals surface area contributed by atoms with Crippen LogP contribution in [0.5, 0.6) is 5.75 Å². The molecule has 15 heavy (non-hydrogen) atoms. The molecule has 0 aliphatic heterocycles. The molecule has 1 rings (SSSR count). The smallest absolute Gasteiger partial charge is 0.305 e. The van der Waals surface area contributed by atoms with Crippen molar-refractivity contribution in [1.82, 2.24) is 0 Å². The molecule has 0 saturated heterocycles. The van der Waals surface area contributed by atoms with Crippen LogP contribution in [0, 0.1) is 0 Å². The number of phenolic OH excluding ortho intramolecular Hbond substituents is 1. The van der Waals surface area contributed by atoms with Crippen molar-refractivity contribution in [3.8, 4) is 5.75 Å². The van der Waals surface area contributed by atoms with Crippen molar-refractivity contribution in [2.45, 2.75) is 12.8 Å². The maximum absolute atomic E-state index is 10.2. The quantitative estimate of drug-likeness (QED) is 0.697. The van der Waals surface area contributed by atoms with Crippen molar-refractivity contribution >= 4 is 5.97 Å². The molecule has 0 radical (unpaired) electrons. The molecule has 0 fully saturated rings. The number of carboxylic acids is 1. The maximum atomic E-state index is 10.2. The summed E-state index contributed by atoms with van der Waals surface area (Å²) in [6, 6.07) is 6.93. The molecule has 0 aliphatic carbocycles. The van der Waals surface area contributed by atoms with Gasteiger partial charge < -0.3 is 14.9 Å². The van der Waals surface area contributed by atoms with Crippen LogP contribution in [0.4, 0.5) is 0 Å². The predicted octanol–water partition coefficient (Wildman–Crippen LogP) is 1.43. The van der Waals surface area contributed by atoms with Gasteiger partial charge >= 0.3 is 5.97 Å². The number of aromatic hydroxyl groups is 1. The molecular formula is C11H14O4.